The van der Waals surface area contributed by atoms with Crippen LogP contribution in [0.3, 0.4) is 0 Å². The Morgan fingerprint density at radius 3 is 2.52 bits per heavy atom. The molecule has 0 bridgehead atoms. The van der Waals surface area contributed by atoms with Crippen LogP contribution in [0.15, 0.2) is 65.9 Å². The highest BCUT2D eigenvalue weighted by Crippen LogP contribution is 2.13. The molecule has 0 saturated carbocycles. The minimum absolute atomic E-state index is 0.126. The Balaban J connectivity index is 2.05. The van der Waals surface area contributed by atoms with Gasteiger partial charge in [0.2, 0.25) is 5.78 Å². The van der Waals surface area contributed by atoms with Crippen LogP contribution in [-0.2, 0) is 0 Å². The van der Waals surface area contributed by atoms with Gasteiger partial charge >= 0.3 is 0 Å². The van der Waals surface area contributed by atoms with Crippen molar-refractivity contribution in [3.8, 4) is 0 Å². The third-order valence-corrected chi connectivity index (χ3v) is 3.05. The van der Waals surface area contributed by atoms with E-state index in [1.54, 1.807) is 24.3 Å². The molecule has 0 aliphatic heterocycles. The Bertz CT molecular complexity index is 829. The topological polar surface area (TPSA) is 75.4 Å². The molecule has 102 valence electrons. The Morgan fingerprint density at radius 2 is 1.76 bits per heavy atom. The number of oxime groups is 1. The van der Waals surface area contributed by atoms with E-state index < -0.39 is 5.78 Å². The van der Waals surface area contributed by atoms with Crippen molar-refractivity contribution in [2.24, 2.45) is 5.16 Å². The lowest BCUT2D eigenvalue weighted by molar-refractivity contribution is 0.105. The number of ketones is 1. The molecule has 0 saturated heterocycles. The molecule has 0 radical (unpaired) electrons. The summed E-state index contributed by atoms with van der Waals surface area (Å²) in [4.78, 5) is 20.6. The fourth-order valence-corrected chi connectivity index (χ4v) is 2.03. The number of rotatable bonds is 3. The number of para-hydroxylation sites is 1. The van der Waals surface area contributed by atoms with Crippen molar-refractivity contribution in [3.63, 3.8) is 0 Å². The van der Waals surface area contributed by atoms with Crippen molar-refractivity contribution < 1.29 is 10.0 Å². The van der Waals surface area contributed by atoms with Crippen molar-refractivity contribution in [3.05, 3.63) is 72.2 Å². The molecule has 0 atom stereocenters. The fourth-order valence-electron chi connectivity index (χ4n) is 2.03. The summed E-state index contributed by atoms with van der Waals surface area (Å²) in [6, 6.07) is 16.0. The van der Waals surface area contributed by atoms with E-state index in [-0.39, 0.29) is 11.4 Å². The van der Waals surface area contributed by atoms with Gasteiger partial charge in [-0.05, 0) is 24.3 Å². The zero-order valence-corrected chi connectivity index (χ0v) is 11.0. The van der Waals surface area contributed by atoms with Crippen LogP contribution in [0, 0.1) is 0 Å². The Morgan fingerprint density at radius 1 is 0.952 bits per heavy atom. The molecule has 2 heterocycles. The van der Waals surface area contributed by atoms with E-state index in [4.69, 9.17) is 0 Å². The van der Waals surface area contributed by atoms with Crippen LogP contribution < -0.4 is 0 Å². The number of aromatic nitrogens is 2. The van der Waals surface area contributed by atoms with E-state index in [1.165, 1.54) is 6.20 Å². The second-order valence-corrected chi connectivity index (χ2v) is 4.38. The molecule has 1 aromatic carbocycles. The predicted octanol–water partition coefficient (Wildman–Crippen LogP) is 2.69. The predicted molar refractivity (Wildman–Crippen MR) is 78.6 cm³/mol. The molecule has 0 amide bonds. The molecule has 5 heteroatoms. The number of Topliss-reactive ketones (excluding diaryl/α,β-unsaturated/α-hetero) is 1. The summed E-state index contributed by atoms with van der Waals surface area (Å²) in [7, 11) is 0. The van der Waals surface area contributed by atoms with E-state index >= 15 is 0 Å². The van der Waals surface area contributed by atoms with Crippen LogP contribution in [0.25, 0.3) is 10.9 Å². The molecule has 1 N–H and O–H groups in total. The maximum Gasteiger partial charge on any atom is 0.235 e. The fraction of sp³-hybridized carbons (Fsp3) is 0. The SMILES string of the molecule is O=C(/C(=N/O)c1ccc2ccccc2n1)c1ccccn1. The lowest BCUT2D eigenvalue weighted by Gasteiger charge is -2.04. The molecule has 0 aliphatic carbocycles. The average Bonchev–Trinajstić information content (AvgIpc) is 2.56. The highest BCUT2D eigenvalue weighted by Gasteiger charge is 2.19. The summed E-state index contributed by atoms with van der Waals surface area (Å²) in [6.45, 7) is 0. The zero-order chi connectivity index (χ0) is 14.7. The number of fused-ring (bicyclic) bond motifs is 1. The molecule has 21 heavy (non-hydrogen) atoms. The number of carbonyl (C=O) groups is 1. The normalized spacial score (nSPS) is 11.5. The largest absolute Gasteiger partial charge is 0.410 e. The standard InChI is InChI=1S/C16H11N3O2/c20-16(14-7-3-4-10-17-14)15(19-21)13-9-8-11-5-1-2-6-12(11)18-13/h1-10,21H/b19-15+. The lowest BCUT2D eigenvalue weighted by atomic mass is 10.1. The van der Waals surface area contributed by atoms with Crippen molar-refractivity contribution in [2.75, 3.05) is 0 Å². The van der Waals surface area contributed by atoms with Crippen molar-refractivity contribution in [2.45, 2.75) is 0 Å². The van der Waals surface area contributed by atoms with Gasteiger partial charge in [0, 0.05) is 11.6 Å². The Kier molecular flexibility index (Phi) is 3.39. The van der Waals surface area contributed by atoms with E-state index in [1.807, 2.05) is 30.3 Å². The van der Waals surface area contributed by atoms with Crippen molar-refractivity contribution in [1.29, 1.82) is 0 Å². The monoisotopic (exact) mass is 277 g/mol. The summed E-state index contributed by atoms with van der Waals surface area (Å²) >= 11 is 0. The first-order valence-electron chi connectivity index (χ1n) is 6.33. The minimum atomic E-state index is -0.471. The summed E-state index contributed by atoms with van der Waals surface area (Å²) in [5, 5.41) is 13.2. The zero-order valence-electron chi connectivity index (χ0n) is 11.0. The lowest BCUT2D eigenvalue weighted by Crippen LogP contribution is -2.18. The van der Waals surface area contributed by atoms with Crippen LogP contribution in [-0.4, -0.2) is 26.7 Å². The maximum absolute atomic E-state index is 12.3. The third kappa shape index (κ3) is 2.49. The first-order chi connectivity index (χ1) is 10.3. The highest BCUT2D eigenvalue weighted by molar-refractivity contribution is 6.50. The molecule has 3 rings (SSSR count). The van der Waals surface area contributed by atoms with Gasteiger partial charge in [-0.2, -0.15) is 0 Å². The van der Waals surface area contributed by atoms with Crippen LogP contribution >= 0.6 is 0 Å². The number of hydrogen-bond acceptors (Lipinski definition) is 5. The molecule has 2 aromatic heterocycles. The van der Waals surface area contributed by atoms with Crippen molar-refractivity contribution >= 4 is 22.4 Å². The highest BCUT2D eigenvalue weighted by atomic mass is 16.4. The number of nitrogens with zero attached hydrogens (tertiary/aromatic N) is 3. The average molecular weight is 277 g/mol. The quantitative estimate of drug-likeness (QED) is 0.345. The van der Waals surface area contributed by atoms with Crippen LogP contribution in [0.2, 0.25) is 0 Å². The molecule has 0 aliphatic rings. The molecular formula is C16H11N3O2. The molecule has 0 spiro atoms. The van der Waals surface area contributed by atoms with Gasteiger partial charge in [-0.3, -0.25) is 9.78 Å². The van der Waals surface area contributed by atoms with Crippen molar-refractivity contribution in [1.82, 2.24) is 9.97 Å². The number of benzene rings is 1. The van der Waals surface area contributed by atoms with Gasteiger partial charge in [0.15, 0.2) is 5.71 Å². The molecule has 0 unspecified atom stereocenters. The van der Waals surface area contributed by atoms with Gasteiger partial charge in [-0.15, -0.1) is 0 Å². The Hall–Kier alpha value is -3.08. The molecular weight excluding hydrogens is 266 g/mol. The number of pyridine rings is 2. The second-order valence-electron chi connectivity index (χ2n) is 4.38. The molecule has 0 fully saturated rings. The maximum atomic E-state index is 12.3. The summed E-state index contributed by atoms with van der Waals surface area (Å²) < 4.78 is 0. The summed E-state index contributed by atoms with van der Waals surface area (Å²) in [6.07, 6.45) is 1.51. The smallest absolute Gasteiger partial charge is 0.235 e. The first kappa shape index (κ1) is 12.9. The molecule has 3 aromatic rings. The Labute approximate surface area is 120 Å². The van der Waals surface area contributed by atoms with Gasteiger partial charge in [-0.1, -0.05) is 35.5 Å². The van der Waals surface area contributed by atoms with E-state index in [0.29, 0.717) is 5.69 Å². The van der Waals surface area contributed by atoms with Gasteiger partial charge in [0.25, 0.3) is 0 Å². The summed E-state index contributed by atoms with van der Waals surface area (Å²) in [5.41, 5.74) is 1.12. The number of carbonyl (C=O) groups excluding carboxylic acids is 1. The third-order valence-electron chi connectivity index (χ3n) is 3.05. The number of hydrogen-bond donors (Lipinski definition) is 1. The van der Waals surface area contributed by atoms with E-state index in [0.717, 1.165) is 10.9 Å². The van der Waals surface area contributed by atoms with Crippen LogP contribution in [0.4, 0.5) is 0 Å². The summed E-state index contributed by atoms with van der Waals surface area (Å²) in [5.74, 6) is -0.471. The first-order valence-corrected chi connectivity index (χ1v) is 6.33. The molecule has 5 nitrogen and oxygen atoms in total. The van der Waals surface area contributed by atoms with Gasteiger partial charge in [0.1, 0.15) is 5.69 Å². The minimum Gasteiger partial charge on any atom is -0.410 e. The van der Waals surface area contributed by atoms with Gasteiger partial charge < -0.3 is 5.21 Å². The second kappa shape index (κ2) is 5.50. The van der Waals surface area contributed by atoms with Crippen LogP contribution in [0.5, 0.6) is 0 Å². The van der Waals surface area contributed by atoms with Crippen LogP contribution in [0.1, 0.15) is 16.2 Å². The van der Waals surface area contributed by atoms with Gasteiger partial charge in [0.05, 0.1) is 11.2 Å². The van der Waals surface area contributed by atoms with E-state index in [9.17, 15) is 10.0 Å². The van der Waals surface area contributed by atoms with Gasteiger partial charge in [-0.25, -0.2) is 4.98 Å². The van der Waals surface area contributed by atoms with E-state index in [2.05, 4.69) is 15.1 Å².